The first-order valence-electron chi connectivity index (χ1n) is 10.6. The number of aryl methyl sites for hydroxylation is 1. The first-order valence-corrected chi connectivity index (χ1v) is 11.4. The lowest BCUT2D eigenvalue weighted by molar-refractivity contribution is -0.143. The van der Waals surface area contributed by atoms with Gasteiger partial charge in [0.25, 0.3) is 5.91 Å². The summed E-state index contributed by atoms with van der Waals surface area (Å²) in [6.07, 6.45) is 8.32. The Kier molecular flexibility index (Phi) is 6.03. The van der Waals surface area contributed by atoms with Crippen LogP contribution in [0.3, 0.4) is 0 Å². The highest BCUT2D eigenvalue weighted by atomic mass is 32.1. The largest absolute Gasteiger partial charge is 0.370 e. The van der Waals surface area contributed by atoms with Gasteiger partial charge < -0.3 is 10.1 Å². The first kappa shape index (κ1) is 20.5. The van der Waals surface area contributed by atoms with Gasteiger partial charge in [-0.25, -0.2) is 4.98 Å². The maximum atomic E-state index is 12.8. The Labute approximate surface area is 176 Å². The average molecular weight is 418 g/mol. The molecule has 0 aromatic carbocycles. The van der Waals surface area contributed by atoms with Crippen LogP contribution in [0.4, 0.5) is 0 Å². The highest BCUT2D eigenvalue weighted by Gasteiger charge is 2.46. The maximum Gasteiger partial charge on any atom is 0.263 e. The van der Waals surface area contributed by atoms with Gasteiger partial charge in [-0.05, 0) is 33.6 Å². The van der Waals surface area contributed by atoms with Gasteiger partial charge in [0.05, 0.1) is 30.1 Å². The molecule has 0 radical (unpaired) electrons. The molecule has 2 atom stereocenters. The Hall–Kier alpha value is -1.77. The fourth-order valence-electron chi connectivity index (χ4n) is 4.54. The molecule has 7 nitrogen and oxygen atoms in total. The summed E-state index contributed by atoms with van der Waals surface area (Å²) in [6.45, 7) is 9.48. The van der Waals surface area contributed by atoms with Crippen molar-refractivity contribution >= 4 is 17.2 Å². The number of thiazole rings is 1. The lowest BCUT2D eigenvalue weighted by Crippen LogP contribution is -2.63. The number of nitrogens with zero attached hydrogens (tertiary/aromatic N) is 4. The zero-order valence-corrected chi connectivity index (χ0v) is 18.4. The molecule has 3 heterocycles. The monoisotopic (exact) mass is 417 g/mol. The van der Waals surface area contributed by atoms with Crippen molar-refractivity contribution < 1.29 is 9.53 Å². The van der Waals surface area contributed by atoms with Crippen molar-refractivity contribution in [1.82, 2.24) is 25.0 Å². The second-order valence-corrected chi connectivity index (χ2v) is 9.44. The molecule has 158 valence electrons. The Bertz CT molecular complexity index is 844. The van der Waals surface area contributed by atoms with Crippen molar-refractivity contribution in [3.05, 3.63) is 34.0 Å². The average Bonchev–Trinajstić information content (AvgIpc) is 3.33. The molecule has 2 fully saturated rings. The van der Waals surface area contributed by atoms with Gasteiger partial charge in [-0.1, -0.05) is 12.8 Å². The number of carbonyl (C=O) groups excluding carboxylic acids is 1. The smallest absolute Gasteiger partial charge is 0.263 e. The third kappa shape index (κ3) is 4.39. The van der Waals surface area contributed by atoms with Crippen LogP contribution in [0, 0.1) is 6.92 Å². The van der Waals surface area contributed by atoms with Crippen LogP contribution in [0.2, 0.25) is 0 Å². The number of hydrogen-bond donors (Lipinski definition) is 1. The lowest BCUT2D eigenvalue weighted by atomic mass is 9.78. The summed E-state index contributed by atoms with van der Waals surface area (Å²) < 4.78 is 8.40. The van der Waals surface area contributed by atoms with Crippen LogP contribution in [0.1, 0.15) is 66.5 Å². The zero-order chi connectivity index (χ0) is 20.4. The number of morpholine rings is 1. The third-order valence-corrected chi connectivity index (χ3v) is 7.04. The zero-order valence-electron chi connectivity index (χ0n) is 17.6. The molecule has 2 aromatic heterocycles. The molecule has 1 N–H and O–H groups in total. The Morgan fingerprint density at radius 2 is 2.31 bits per heavy atom. The van der Waals surface area contributed by atoms with Crippen LogP contribution in [0.15, 0.2) is 17.9 Å². The van der Waals surface area contributed by atoms with E-state index in [1.807, 2.05) is 17.8 Å². The first-order chi connectivity index (χ1) is 14.0. The summed E-state index contributed by atoms with van der Waals surface area (Å²) in [5, 5.41) is 7.76. The predicted octanol–water partition coefficient (Wildman–Crippen LogP) is 3.17. The number of ether oxygens (including phenoxy) is 1. The van der Waals surface area contributed by atoms with E-state index in [4.69, 9.17) is 4.74 Å². The molecule has 1 aliphatic heterocycles. The van der Waals surface area contributed by atoms with Crippen molar-refractivity contribution in [2.24, 2.45) is 0 Å². The number of amides is 1. The van der Waals surface area contributed by atoms with Crippen LogP contribution in [-0.4, -0.2) is 56.9 Å². The summed E-state index contributed by atoms with van der Waals surface area (Å²) in [6, 6.07) is 0.402. The summed E-state index contributed by atoms with van der Waals surface area (Å²) >= 11 is 1.40. The van der Waals surface area contributed by atoms with Crippen molar-refractivity contribution in [2.75, 3.05) is 19.7 Å². The third-order valence-electron chi connectivity index (χ3n) is 6.11. The molecule has 8 heteroatoms. The molecule has 0 unspecified atom stereocenters. The molecule has 2 aromatic rings. The summed E-state index contributed by atoms with van der Waals surface area (Å²) in [5.74, 6) is -0.0183. The van der Waals surface area contributed by atoms with Gasteiger partial charge in [0.2, 0.25) is 0 Å². The molecular formula is C21H31N5O2S. The van der Waals surface area contributed by atoms with Crippen molar-refractivity contribution in [3.8, 4) is 0 Å². The molecule has 2 aliphatic rings. The fourth-order valence-corrected chi connectivity index (χ4v) is 5.24. The van der Waals surface area contributed by atoms with E-state index >= 15 is 0 Å². The van der Waals surface area contributed by atoms with E-state index in [1.165, 1.54) is 16.9 Å². The minimum absolute atomic E-state index is 0.0183. The Morgan fingerprint density at radius 3 is 3.03 bits per heavy atom. The molecule has 1 saturated carbocycles. The number of nitrogens with one attached hydrogen (secondary N) is 1. The van der Waals surface area contributed by atoms with Crippen molar-refractivity contribution in [1.29, 1.82) is 0 Å². The molecule has 1 aliphatic carbocycles. The van der Waals surface area contributed by atoms with Crippen LogP contribution in [-0.2, 0) is 11.3 Å². The predicted molar refractivity (Wildman–Crippen MR) is 113 cm³/mol. The van der Waals surface area contributed by atoms with Crippen molar-refractivity contribution in [2.45, 2.75) is 70.7 Å². The number of carbonyl (C=O) groups is 1. The Balaban J connectivity index is 1.46. The summed E-state index contributed by atoms with van der Waals surface area (Å²) in [7, 11) is 0. The van der Waals surface area contributed by atoms with E-state index in [2.05, 4.69) is 40.3 Å². The van der Waals surface area contributed by atoms with Crippen LogP contribution in [0.5, 0.6) is 0 Å². The van der Waals surface area contributed by atoms with E-state index in [1.54, 1.807) is 5.51 Å². The second-order valence-electron chi connectivity index (χ2n) is 8.58. The number of aromatic nitrogens is 3. The van der Waals surface area contributed by atoms with E-state index < -0.39 is 0 Å². The minimum Gasteiger partial charge on any atom is -0.370 e. The van der Waals surface area contributed by atoms with Gasteiger partial charge in [-0.2, -0.15) is 5.10 Å². The molecule has 4 rings (SSSR count). The number of rotatable bonds is 5. The SMILES string of the molecule is Cc1ncsc1C(=O)N[C@H]1CCCC[C@@]12CN(Cc1cnn(C(C)C)c1)CCO2. The molecule has 1 saturated heterocycles. The maximum absolute atomic E-state index is 12.8. The molecule has 1 spiro atoms. The lowest BCUT2D eigenvalue weighted by Gasteiger charge is -2.49. The van der Waals surface area contributed by atoms with Crippen molar-refractivity contribution in [3.63, 3.8) is 0 Å². The van der Waals surface area contributed by atoms with E-state index in [9.17, 15) is 4.79 Å². The second kappa shape index (κ2) is 8.53. The van der Waals surface area contributed by atoms with Crippen LogP contribution >= 0.6 is 11.3 Å². The van der Waals surface area contributed by atoms with Gasteiger partial charge in [0.1, 0.15) is 10.5 Å². The fraction of sp³-hybridized carbons (Fsp3) is 0.667. The standard InChI is InChI=1S/C21H31N5O2S/c1-15(2)26-12-17(10-23-26)11-25-8-9-28-21(13-25)7-5-4-6-18(21)24-20(27)19-16(3)22-14-29-19/h10,12,14-15,18H,4-9,11,13H2,1-3H3,(H,24,27)/t18-,21+/m0/s1. The number of hydrogen-bond acceptors (Lipinski definition) is 6. The Morgan fingerprint density at radius 1 is 1.45 bits per heavy atom. The highest BCUT2D eigenvalue weighted by Crippen LogP contribution is 2.35. The van der Waals surface area contributed by atoms with Crippen LogP contribution < -0.4 is 5.32 Å². The molecule has 0 bridgehead atoms. The van der Waals surface area contributed by atoms with Gasteiger partial charge in [0, 0.05) is 37.4 Å². The molecular weight excluding hydrogens is 386 g/mol. The van der Waals surface area contributed by atoms with E-state index in [-0.39, 0.29) is 17.6 Å². The van der Waals surface area contributed by atoms with E-state index in [0.29, 0.717) is 17.5 Å². The minimum atomic E-state index is -0.307. The summed E-state index contributed by atoms with van der Waals surface area (Å²) in [5.41, 5.74) is 3.45. The van der Waals surface area contributed by atoms with E-state index in [0.717, 1.165) is 51.0 Å². The molecule has 29 heavy (non-hydrogen) atoms. The van der Waals surface area contributed by atoms with Crippen LogP contribution in [0.25, 0.3) is 0 Å². The topological polar surface area (TPSA) is 72.3 Å². The quantitative estimate of drug-likeness (QED) is 0.809. The van der Waals surface area contributed by atoms with Gasteiger partial charge in [0.15, 0.2) is 0 Å². The van der Waals surface area contributed by atoms with Gasteiger partial charge in [-0.3, -0.25) is 14.4 Å². The highest BCUT2D eigenvalue weighted by molar-refractivity contribution is 7.11. The van der Waals surface area contributed by atoms with Gasteiger partial charge in [-0.15, -0.1) is 11.3 Å². The molecule has 1 amide bonds. The normalized spacial score (nSPS) is 25.6. The summed E-state index contributed by atoms with van der Waals surface area (Å²) in [4.78, 5) is 20.2. The van der Waals surface area contributed by atoms with Gasteiger partial charge >= 0.3 is 0 Å².